The van der Waals surface area contributed by atoms with E-state index in [2.05, 4.69) is 19.4 Å². The summed E-state index contributed by atoms with van der Waals surface area (Å²) in [6, 6.07) is 13.2. The summed E-state index contributed by atoms with van der Waals surface area (Å²) in [5.74, 6) is 1.87. The zero-order valence-electron chi connectivity index (χ0n) is 17.4. The number of ether oxygens (including phenoxy) is 3. The first-order valence-electron chi connectivity index (χ1n) is 9.53. The van der Waals surface area contributed by atoms with Crippen LogP contribution < -0.4 is 24.4 Å². The molecule has 0 spiro atoms. The predicted octanol–water partition coefficient (Wildman–Crippen LogP) is 2.11. The van der Waals surface area contributed by atoms with Gasteiger partial charge in [-0.2, -0.15) is 0 Å². The fraction of sp³-hybridized carbons (Fsp3) is 0.409. The molecule has 0 aliphatic rings. The Morgan fingerprint density at radius 2 is 1.75 bits per heavy atom. The monoisotopic (exact) mass is 387 g/mol. The third-order valence-corrected chi connectivity index (χ3v) is 4.57. The topological polar surface area (TPSA) is 61.2 Å². The Hall–Kier alpha value is -2.73. The summed E-state index contributed by atoms with van der Waals surface area (Å²) >= 11 is 0. The van der Waals surface area contributed by atoms with E-state index < -0.39 is 0 Å². The number of likely N-dealkylation sites (N-methyl/N-ethyl adjacent to an activating group) is 1. The highest BCUT2D eigenvalue weighted by atomic mass is 16.5. The Labute approximate surface area is 167 Å². The van der Waals surface area contributed by atoms with Crippen molar-refractivity contribution in [3.63, 3.8) is 0 Å². The van der Waals surface area contributed by atoms with Gasteiger partial charge in [-0.25, -0.2) is 0 Å². The van der Waals surface area contributed by atoms with Crippen molar-refractivity contribution in [2.45, 2.75) is 19.4 Å². The predicted molar refractivity (Wildman–Crippen MR) is 110 cm³/mol. The molecule has 0 saturated carbocycles. The number of hydrogen-bond acceptors (Lipinski definition) is 4. The molecule has 1 amide bonds. The highest BCUT2D eigenvalue weighted by Gasteiger charge is 2.23. The van der Waals surface area contributed by atoms with Crippen molar-refractivity contribution in [3.8, 4) is 17.2 Å². The summed E-state index contributed by atoms with van der Waals surface area (Å²) in [6.45, 7) is 3.13. The molecular weight excluding hydrogens is 356 g/mol. The SMILES string of the molecule is CCCOc1ccc(C(=O)NC[C@@H](c2ccccc2OC)[NH+](C)C)cc1OC. The number of amides is 1. The van der Waals surface area contributed by atoms with E-state index in [0.717, 1.165) is 17.7 Å². The Kier molecular flexibility index (Phi) is 8.14. The number of rotatable bonds is 10. The van der Waals surface area contributed by atoms with Crippen molar-refractivity contribution in [1.29, 1.82) is 0 Å². The van der Waals surface area contributed by atoms with Crippen LogP contribution in [0.2, 0.25) is 0 Å². The maximum atomic E-state index is 12.7. The molecule has 1 atom stereocenters. The van der Waals surface area contributed by atoms with Gasteiger partial charge in [-0.05, 0) is 36.8 Å². The van der Waals surface area contributed by atoms with Crippen LogP contribution in [0.4, 0.5) is 0 Å². The molecule has 6 heteroatoms. The molecule has 0 bridgehead atoms. The van der Waals surface area contributed by atoms with E-state index in [1.54, 1.807) is 32.4 Å². The highest BCUT2D eigenvalue weighted by molar-refractivity contribution is 5.94. The third-order valence-electron chi connectivity index (χ3n) is 4.57. The summed E-state index contributed by atoms with van der Waals surface area (Å²) in [7, 11) is 7.36. The molecule has 6 nitrogen and oxygen atoms in total. The van der Waals surface area contributed by atoms with Gasteiger partial charge in [-0.15, -0.1) is 0 Å². The maximum absolute atomic E-state index is 12.7. The molecule has 2 aromatic rings. The normalized spacial score (nSPS) is 11.8. The molecule has 0 aliphatic heterocycles. The fourth-order valence-corrected chi connectivity index (χ4v) is 3.02. The summed E-state index contributed by atoms with van der Waals surface area (Å²) in [5, 5.41) is 3.03. The van der Waals surface area contributed by atoms with Gasteiger partial charge in [0, 0.05) is 5.56 Å². The van der Waals surface area contributed by atoms with Crippen molar-refractivity contribution >= 4 is 5.91 Å². The second-order valence-electron chi connectivity index (χ2n) is 6.80. The number of quaternary nitrogens is 1. The van der Waals surface area contributed by atoms with Crippen molar-refractivity contribution in [1.82, 2.24) is 5.32 Å². The van der Waals surface area contributed by atoms with Crippen molar-refractivity contribution in [2.75, 3.05) is 41.5 Å². The van der Waals surface area contributed by atoms with Gasteiger partial charge in [0.2, 0.25) is 0 Å². The molecule has 0 heterocycles. The largest absolute Gasteiger partial charge is 0.496 e. The molecule has 152 valence electrons. The van der Waals surface area contributed by atoms with Crippen molar-refractivity contribution in [2.24, 2.45) is 0 Å². The number of benzene rings is 2. The Morgan fingerprint density at radius 3 is 2.39 bits per heavy atom. The van der Waals surface area contributed by atoms with Crippen LogP contribution >= 0.6 is 0 Å². The molecule has 2 N–H and O–H groups in total. The van der Waals surface area contributed by atoms with Gasteiger partial charge in [0.1, 0.15) is 11.8 Å². The van der Waals surface area contributed by atoms with Crippen LogP contribution in [-0.4, -0.2) is 47.4 Å². The molecule has 2 rings (SSSR count). The van der Waals surface area contributed by atoms with Gasteiger partial charge in [0.05, 0.1) is 47.0 Å². The molecule has 0 aliphatic carbocycles. The number of nitrogens with one attached hydrogen (secondary N) is 2. The lowest BCUT2D eigenvalue weighted by molar-refractivity contribution is -0.890. The summed E-state index contributed by atoms with van der Waals surface area (Å²) < 4.78 is 16.5. The van der Waals surface area contributed by atoms with E-state index in [4.69, 9.17) is 14.2 Å². The fourth-order valence-electron chi connectivity index (χ4n) is 3.02. The molecule has 2 aromatic carbocycles. The minimum atomic E-state index is -0.151. The standard InChI is InChI=1S/C22H30N2O4/c1-6-13-28-20-12-11-16(14-21(20)27-5)22(25)23-15-18(24(2)3)17-9-7-8-10-19(17)26-4/h7-12,14,18H,6,13,15H2,1-5H3,(H,23,25)/p+1/t18-/m0/s1. The quantitative estimate of drug-likeness (QED) is 0.656. The van der Waals surface area contributed by atoms with Gasteiger partial charge in [0.25, 0.3) is 5.91 Å². The van der Waals surface area contributed by atoms with Crippen LogP contribution in [0.25, 0.3) is 0 Å². The van der Waals surface area contributed by atoms with Crippen LogP contribution in [0, 0.1) is 0 Å². The number of para-hydroxylation sites is 1. The number of carbonyl (C=O) groups is 1. The number of hydrogen-bond donors (Lipinski definition) is 2. The zero-order valence-corrected chi connectivity index (χ0v) is 17.4. The first kappa shape index (κ1) is 21.6. The van der Waals surface area contributed by atoms with Crippen LogP contribution in [-0.2, 0) is 0 Å². The van der Waals surface area contributed by atoms with Gasteiger partial charge in [-0.3, -0.25) is 4.79 Å². The average molecular weight is 388 g/mol. The van der Waals surface area contributed by atoms with E-state index in [-0.39, 0.29) is 11.9 Å². The summed E-state index contributed by atoms with van der Waals surface area (Å²) in [4.78, 5) is 13.9. The molecule has 0 radical (unpaired) electrons. The number of methoxy groups -OCH3 is 2. The molecule has 0 fully saturated rings. The van der Waals surface area contributed by atoms with Gasteiger partial charge in [0.15, 0.2) is 11.5 Å². The lowest BCUT2D eigenvalue weighted by Gasteiger charge is -2.24. The Bertz CT molecular complexity index is 777. The summed E-state index contributed by atoms with van der Waals surface area (Å²) in [5.41, 5.74) is 1.60. The second-order valence-corrected chi connectivity index (χ2v) is 6.80. The van der Waals surface area contributed by atoms with Crippen LogP contribution in [0.3, 0.4) is 0 Å². The Morgan fingerprint density at radius 1 is 1.04 bits per heavy atom. The third kappa shape index (κ3) is 5.39. The maximum Gasteiger partial charge on any atom is 0.251 e. The lowest BCUT2D eigenvalue weighted by atomic mass is 10.0. The minimum absolute atomic E-state index is 0.0640. The molecule has 0 unspecified atom stereocenters. The lowest BCUT2D eigenvalue weighted by Crippen LogP contribution is -3.07. The van der Waals surface area contributed by atoms with Gasteiger partial charge >= 0.3 is 0 Å². The smallest absolute Gasteiger partial charge is 0.251 e. The Balaban J connectivity index is 2.12. The molecule has 0 saturated heterocycles. The molecule has 0 aromatic heterocycles. The van der Waals surface area contributed by atoms with E-state index >= 15 is 0 Å². The van der Waals surface area contributed by atoms with Crippen LogP contribution in [0.1, 0.15) is 35.3 Å². The van der Waals surface area contributed by atoms with E-state index in [1.165, 1.54) is 4.90 Å². The zero-order chi connectivity index (χ0) is 20.5. The van der Waals surface area contributed by atoms with Gasteiger partial charge < -0.3 is 24.4 Å². The van der Waals surface area contributed by atoms with E-state index in [0.29, 0.717) is 30.2 Å². The second kappa shape index (κ2) is 10.6. The molecular formula is C22H31N2O4+. The van der Waals surface area contributed by atoms with Crippen LogP contribution in [0.5, 0.6) is 17.2 Å². The van der Waals surface area contributed by atoms with Crippen molar-refractivity contribution < 1.29 is 23.9 Å². The highest BCUT2D eigenvalue weighted by Crippen LogP contribution is 2.28. The van der Waals surface area contributed by atoms with Gasteiger partial charge in [-0.1, -0.05) is 19.1 Å². The number of carbonyl (C=O) groups excluding carboxylic acids is 1. The van der Waals surface area contributed by atoms with E-state index in [1.807, 2.05) is 31.2 Å². The van der Waals surface area contributed by atoms with E-state index in [9.17, 15) is 4.79 Å². The first-order valence-corrected chi connectivity index (χ1v) is 9.53. The minimum Gasteiger partial charge on any atom is -0.496 e. The first-order chi connectivity index (χ1) is 13.5. The average Bonchev–Trinajstić information content (AvgIpc) is 2.72. The van der Waals surface area contributed by atoms with Crippen molar-refractivity contribution in [3.05, 3.63) is 53.6 Å². The summed E-state index contributed by atoms with van der Waals surface area (Å²) in [6.07, 6.45) is 0.905. The van der Waals surface area contributed by atoms with Crippen LogP contribution in [0.15, 0.2) is 42.5 Å². The molecule has 28 heavy (non-hydrogen) atoms.